The van der Waals surface area contributed by atoms with E-state index < -0.39 is 5.38 Å². The van der Waals surface area contributed by atoms with Gasteiger partial charge in [-0.05, 0) is 38.0 Å². The number of rotatable bonds is 3. The van der Waals surface area contributed by atoms with Gasteiger partial charge in [0.25, 0.3) is 0 Å². The first-order chi connectivity index (χ1) is 8.58. The standard InChI is InChI=1S/C13H16Cl2N2O/c1-9(14)13(18)16-11-8-10(15)4-5-12(11)17-6-2-3-7-17/h4-5,8-9H,2-3,6-7H2,1H3,(H,16,18)/t9-/m1/s1. The van der Waals surface area contributed by atoms with Crippen LogP contribution in [-0.2, 0) is 4.79 Å². The molecule has 0 unspecified atom stereocenters. The lowest BCUT2D eigenvalue weighted by Crippen LogP contribution is -2.24. The Kier molecular flexibility index (Phi) is 4.36. The van der Waals surface area contributed by atoms with Crippen molar-refractivity contribution in [2.24, 2.45) is 0 Å². The van der Waals surface area contributed by atoms with E-state index in [9.17, 15) is 4.79 Å². The minimum absolute atomic E-state index is 0.209. The molecule has 18 heavy (non-hydrogen) atoms. The molecule has 1 N–H and O–H groups in total. The fourth-order valence-corrected chi connectivity index (χ4v) is 2.30. The van der Waals surface area contributed by atoms with E-state index in [4.69, 9.17) is 23.2 Å². The summed E-state index contributed by atoms with van der Waals surface area (Å²) in [6.45, 7) is 3.68. The van der Waals surface area contributed by atoms with Gasteiger partial charge in [0.15, 0.2) is 0 Å². The maximum atomic E-state index is 11.7. The van der Waals surface area contributed by atoms with E-state index in [1.165, 1.54) is 12.8 Å². The topological polar surface area (TPSA) is 32.3 Å². The largest absolute Gasteiger partial charge is 0.370 e. The molecule has 1 fully saturated rings. The van der Waals surface area contributed by atoms with Gasteiger partial charge in [-0.25, -0.2) is 0 Å². The van der Waals surface area contributed by atoms with E-state index in [1.54, 1.807) is 13.0 Å². The van der Waals surface area contributed by atoms with Crippen molar-refractivity contribution >= 4 is 40.5 Å². The zero-order valence-corrected chi connectivity index (χ0v) is 11.8. The minimum atomic E-state index is -0.560. The van der Waals surface area contributed by atoms with Crippen LogP contribution in [-0.4, -0.2) is 24.4 Å². The lowest BCUT2D eigenvalue weighted by atomic mass is 10.2. The maximum absolute atomic E-state index is 11.7. The molecular weight excluding hydrogens is 271 g/mol. The molecule has 5 heteroatoms. The highest BCUT2D eigenvalue weighted by atomic mass is 35.5. The molecule has 98 valence electrons. The summed E-state index contributed by atoms with van der Waals surface area (Å²) >= 11 is 11.8. The molecule has 2 rings (SSSR count). The Bertz CT molecular complexity index is 443. The average Bonchev–Trinajstić information content (AvgIpc) is 2.82. The van der Waals surface area contributed by atoms with Crippen molar-refractivity contribution in [3.8, 4) is 0 Å². The molecule has 3 nitrogen and oxygen atoms in total. The summed E-state index contributed by atoms with van der Waals surface area (Å²) in [6.07, 6.45) is 2.36. The average molecular weight is 287 g/mol. The Morgan fingerprint density at radius 1 is 1.39 bits per heavy atom. The summed E-state index contributed by atoms with van der Waals surface area (Å²) in [4.78, 5) is 13.9. The highest BCUT2D eigenvalue weighted by Crippen LogP contribution is 2.31. The van der Waals surface area contributed by atoms with Crippen LogP contribution >= 0.6 is 23.2 Å². The van der Waals surface area contributed by atoms with Crippen LogP contribution in [0.3, 0.4) is 0 Å². The minimum Gasteiger partial charge on any atom is -0.370 e. The predicted molar refractivity (Wildman–Crippen MR) is 76.8 cm³/mol. The van der Waals surface area contributed by atoms with Crippen LogP contribution in [0.2, 0.25) is 5.02 Å². The van der Waals surface area contributed by atoms with Gasteiger partial charge in [0.05, 0.1) is 11.4 Å². The second kappa shape index (κ2) is 5.81. The van der Waals surface area contributed by atoms with Crippen molar-refractivity contribution in [3.63, 3.8) is 0 Å². The third-order valence-corrected chi connectivity index (χ3v) is 3.46. The van der Waals surface area contributed by atoms with Gasteiger partial charge in [0.1, 0.15) is 5.38 Å². The first kappa shape index (κ1) is 13.5. The number of nitrogens with zero attached hydrogens (tertiary/aromatic N) is 1. The van der Waals surface area contributed by atoms with Gasteiger partial charge >= 0.3 is 0 Å². The molecule has 0 radical (unpaired) electrons. The molecule has 0 aromatic heterocycles. The summed E-state index contributed by atoms with van der Waals surface area (Å²) < 4.78 is 0. The number of hydrogen-bond acceptors (Lipinski definition) is 2. The summed E-state index contributed by atoms with van der Waals surface area (Å²) in [5.74, 6) is -0.209. The van der Waals surface area contributed by atoms with Crippen LogP contribution < -0.4 is 10.2 Å². The molecule has 1 saturated heterocycles. The van der Waals surface area contributed by atoms with Crippen molar-refractivity contribution in [1.82, 2.24) is 0 Å². The van der Waals surface area contributed by atoms with Crippen molar-refractivity contribution in [1.29, 1.82) is 0 Å². The first-order valence-electron chi connectivity index (χ1n) is 6.07. The quantitative estimate of drug-likeness (QED) is 0.863. The van der Waals surface area contributed by atoms with Crippen LogP contribution in [0.15, 0.2) is 18.2 Å². The number of nitrogens with one attached hydrogen (secondary N) is 1. The van der Waals surface area contributed by atoms with Gasteiger partial charge in [-0.3, -0.25) is 4.79 Å². The number of amides is 1. The van der Waals surface area contributed by atoms with Crippen molar-refractivity contribution in [2.45, 2.75) is 25.1 Å². The fourth-order valence-electron chi connectivity index (χ4n) is 2.07. The second-order valence-corrected chi connectivity index (χ2v) is 5.55. The molecule has 1 aliphatic heterocycles. The molecule has 1 aromatic rings. The lowest BCUT2D eigenvalue weighted by molar-refractivity contribution is -0.115. The molecular formula is C13H16Cl2N2O. The van der Waals surface area contributed by atoms with E-state index in [1.807, 2.05) is 12.1 Å². The first-order valence-corrected chi connectivity index (χ1v) is 6.89. The number of carbonyl (C=O) groups is 1. The smallest absolute Gasteiger partial charge is 0.242 e. The third kappa shape index (κ3) is 3.09. The third-order valence-electron chi connectivity index (χ3n) is 3.02. The monoisotopic (exact) mass is 286 g/mol. The summed E-state index contributed by atoms with van der Waals surface area (Å²) in [5.41, 5.74) is 1.75. The molecule has 0 saturated carbocycles. The molecule has 0 spiro atoms. The van der Waals surface area contributed by atoms with Crippen molar-refractivity contribution in [2.75, 3.05) is 23.3 Å². The van der Waals surface area contributed by atoms with Crippen LogP contribution in [0.25, 0.3) is 0 Å². The highest BCUT2D eigenvalue weighted by molar-refractivity contribution is 6.33. The molecule has 1 aliphatic rings. The highest BCUT2D eigenvalue weighted by Gasteiger charge is 2.18. The molecule has 1 aromatic carbocycles. The lowest BCUT2D eigenvalue weighted by Gasteiger charge is -2.22. The summed E-state index contributed by atoms with van der Waals surface area (Å²) in [6, 6.07) is 5.56. The second-order valence-electron chi connectivity index (χ2n) is 4.46. The van der Waals surface area contributed by atoms with Crippen molar-refractivity contribution < 1.29 is 4.79 Å². The molecule has 1 atom stereocenters. The van der Waals surface area contributed by atoms with E-state index in [-0.39, 0.29) is 5.91 Å². The number of alkyl halides is 1. The van der Waals surface area contributed by atoms with Crippen LogP contribution in [0.4, 0.5) is 11.4 Å². The van der Waals surface area contributed by atoms with Crippen LogP contribution in [0.5, 0.6) is 0 Å². The fraction of sp³-hybridized carbons (Fsp3) is 0.462. The number of carbonyl (C=O) groups excluding carboxylic acids is 1. The van der Waals surface area contributed by atoms with Gasteiger partial charge in [-0.2, -0.15) is 0 Å². The van der Waals surface area contributed by atoms with Crippen molar-refractivity contribution in [3.05, 3.63) is 23.2 Å². The molecule has 1 heterocycles. The van der Waals surface area contributed by atoms with E-state index in [2.05, 4.69) is 10.2 Å². The predicted octanol–water partition coefficient (Wildman–Crippen LogP) is 3.51. The maximum Gasteiger partial charge on any atom is 0.242 e. The van der Waals surface area contributed by atoms with E-state index in [0.717, 1.165) is 24.5 Å². The normalized spacial score (nSPS) is 16.7. The Morgan fingerprint density at radius 3 is 2.67 bits per heavy atom. The van der Waals surface area contributed by atoms with E-state index >= 15 is 0 Å². The van der Waals surface area contributed by atoms with Crippen LogP contribution in [0, 0.1) is 0 Å². The number of benzene rings is 1. The number of hydrogen-bond donors (Lipinski definition) is 1. The molecule has 0 aliphatic carbocycles. The number of anilines is 2. The van der Waals surface area contributed by atoms with E-state index in [0.29, 0.717) is 5.02 Å². The SMILES string of the molecule is C[C@@H](Cl)C(=O)Nc1cc(Cl)ccc1N1CCCC1. The molecule has 0 bridgehead atoms. The Labute approximate surface area is 117 Å². The summed E-state index contributed by atoms with van der Waals surface area (Å²) in [5, 5.41) is 2.88. The Balaban J connectivity index is 2.25. The Hall–Kier alpha value is -0.930. The van der Waals surface area contributed by atoms with Crippen LogP contribution in [0.1, 0.15) is 19.8 Å². The van der Waals surface area contributed by atoms with Gasteiger partial charge in [0.2, 0.25) is 5.91 Å². The molecule has 1 amide bonds. The number of halogens is 2. The van der Waals surface area contributed by atoms with Gasteiger partial charge < -0.3 is 10.2 Å². The zero-order chi connectivity index (χ0) is 13.1. The van der Waals surface area contributed by atoms with Gasteiger partial charge in [-0.15, -0.1) is 11.6 Å². The summed E-state index contributed by atoms with van der Waals surface area (Å²) in [7, 11) is 0. The van der Waals surface area contributed by atoms with Gasteiger partial charge in [-0.1, -0.05) is 11.6 Å². The zero-order valence-electron chi connectivity index (χ0n) is 10.2. The Morgan fingerprint density at radius 2 is 2.06 bits per heavy atom. The van der Waals surface area contributed by atoms with Gasteiger partial charge in [0, 0.05) is 18.1 Å².